The maximum Gasteiger partial charge on any atom is 0.125 e. The minimum Gasteiger partial charge on any atom is -0.379 e. The fourth-order valence-electron chi connectivity index (χ4n) is 3.95. The summed E-state index contributed by atoms with van der Waals surface area (Å²) < 4.78 is 5.40. The molecule has 0 amide bonds. The van der Waals surface area contributed by atoms with E-state index in [0.717, 1.165) is 78.4 Å². The summed E-state index contributed by atoms with van der Waals surface area (Å²) in [5.74, 6) is 0.900. The number of hydrogen-bond acceptors (Lipinski definition) is 6. The van der Waals surface area contributed by atoms with Crippen LogP contribution >= 0.6 is 0 Å². The number of morpholine rings is 1. The number of fused-ring (bicyclic) bond motifs is 1. The Balaban J connectivity index is 1.33. The van der Waals surface area contributed by atoms with Gasteiger partial charge in [-0.3, -0.25) is 14.9 Å². The van der Waals surface area contributed by atoms with Gasteiger partial charge >= 0.3 is 0 Å². The zero-order chi connectivity index (χ0) is 20.9. The van der Waals surface area contributed by atoms with Crippen molar-refractivity contribution in [1.82, 2.24) is 19.9 Å². The van der Waals surface area contributed by atoms with Crippen molar-refractivity contribution in [3.8, 4) is 22.3 Å². The maximum atomic E-state index is 5.40. The van der Waals surface area contributed by atoms with Crippen LogP contribution in [0.25, 0.3) is 33.2 Å². The van der Waals surface area contributed by atoms with Gasteiger partial charge in [0.1, 0.15) is 5.82 Å². The Bertz CT molecular complexity index is 1140. The number of benzene rings is 1. The number of hydrogen-bond donors (Lipinski definition) is 1. The lowest BCUT2D eigenvalue weighted by Gasteiger charge is -2.26. The number of pyridine rings is 3. The second-order valence-electron chi connectivity index (χ2n) is 7.64. The molecule has 1 saturated heterocycles. The molecule has 156 valence electrons. The molecule has 6 heteroatoms. The van der Waals surface area contributed by atoms with Crippen molar-refractivity contribution < 1.29 is 4.74 Å². The van der Waals surface area contributed by atoms with E-state index in [1.165, 1.54) is 0 Å². The van der Waals surface area contributed by atoms with Crippen LogP contribution in [-0.2, 0) is 4.74 Å². The summed E-state index contributed by atoms with van der Waals surface area (Å²) in [6.45, 7) is 5.55. The van der Waals surface area contributed by atoms with Gasteiger partial charge in [-0.25, -0.2) is 4.98 Å². The highest BCUT2D eigenvalue weighted by Crippen LogP contribution is 2.31. The SMILES string of the molecule is c1cc(-c2ccnc3ccc(-c4ccc(NCCN5CCOCC5)nc4)cc23)ccn1. The molecule has 0 radical (unpaired) electrons. The van der Waals surface area contributed by atoms with Gasteiger partial charge in [-0.05, 0) is 59.2 Å². The molecular weight excluding hydrogens is 386 g/mol. The fraction of sp³-hybridized carbons (Fsp3) is 0.240. The van der Waals surface area contributed by atoms with Gasteiger partial charge in [-0.2, -0.15) is 0 Å². The van der Waals surface area contributed by atoms with Crippen molar-refractivity contribution in [3.63, 3.8) is 0 Å². The Hall–Kier alpha value is -3.35. The van der Waals surface area contributed by atoms with Crippen LogP contribution in [0.5, 0.6) is 0 Å². The second kappa shape index (κ2) is 9.20. The van der Waals surface area contributed by atoms with Crippen LogP contribution in [0.1, 0.15) is 0 Å². The molecular formula is C25H25N5O. The lowest BCUT2D eigenvalue weighted by atomic mass is 9.98. The van der Waals surface area contributed by atoms with Gasteiger partial charge < -0.3 is 10.1 Å². The maximum absolute atomic E-state index is 5.40. The molecule has 0 saturated carbocycles. The van der Waals surface area contributed by atoms with E-state index in [9.17, 15) is 0 Å². The highest BCUT2D eigenvalue weighted by molar-refractivity contribution is 5.96. The molecule has 0 aliphatic carbocycles. The average Bonchev–Trinajstić information content (AvgIpc) is 2.85. The molecule has 3 aromatic heterocycles. The van der Waals surface area contributed by atoms with Crippen LogP contribution in [0.4, 0.5) is 5.82 Å². The van der Waals surface area contributed by atoms with Gasteiger partial charge in [-0.15, -0.1) is 0 Å². The summed E-state index contributed by atoms with van der Waals surface area (Å²) >= 11 is 0. The van der Waals surface area contributed by atoms with Crippen molar-refractivity contribution >= 4 is 16.7 Å². The van der Waals surface area contributed by atoms with Crippen molar-refractivity contribution in [1.29, 1.82) is 0 Å². The lowest BCUT2D eigenvalue weighted by molar-refractivity contribution is 0.0398. The zero-order valence-electron chi connectivity index (χ0n) is 17.4. The summed E-state index contributed by atoms with van der Waals surface area (Å²) in [7, 11) is 0. The number of nitrogens with zero attached hydrogens (tertiary/aromatic N) is 4. The van der Waals surface area contributed by atoms with Crippen molar-refractivity contribution in [3.05, 3.63) is 73.3 Å². The Morgan fingerprint density at radius 3 is 2.48 bits per heavy atom. The van der Waals surface area contributed by atoms with E-state index in [1.54, 1.807) is 0 Å². The molecule has 1 N–H and O–H groups in total. The Morgan fingerprint density at radius 2 is 1.68 bits per heavy atom. The molecule has 5 rings (SSSR count). The highest BCUT2D eigenvalue weighted by atomic mass is 16.5. The Morgan fingerprint density at radius 1 is 0.839 bits per heavy atom. The van der Waals surface area contributed by atoms with Crippen LogP contribution in [-0.4, -0.2) is 59.2 Å². The van der Waals surface area contributed by atoms with Gasteiger partial charge in [0.25, 0.3) is 0 Å². The zero-order valence-corrected chi connectivity index (χ0v) is 17.4. The predicted molar refractivity (Wildman–Crippen MR) is 124 cm³/mol. The monoisotopic (exact) mass is 411 g/mol. The molecule has 0 unspecified atom stereocenters. The molecule has 1 aliphatic heterocycles. The van der Waals surface area contributed by atoms with Crippen LogP contribution in [0.2, 0.25) is 0 Å². The van der Waals surface area contributed by atoms with E-state index in [0.29, 0.717) is 0 Å². The largest absolute Gasteiger partial charge is 0.379 e. The first-order valence-corrected chi connectivity index (χ1v) is 10.7. The highest BCUT2D eigenvalue weighted by Gasteiger charge is 2.10. The van der Waals surface area contributed by atoms with E-state index in [2.05, 4.69) is 55.5 Å². The van der Waals surface area contributed by atoms with E-state index >= 15 is 0 Å². The van der Waals surface area contributed by atoms with Crippen LogP contribution in [0, 0.1) is 0 Å². The van der Waals surface area contributed by atoms with E-state index < -0.39 is 0 Å². The van der Waals surface area contributed by atoms with Gasteiger partial charge in [0, 0.05) is 61.9 Å². The summed E-state index contributed by atoms with van der Waals surface area (Å²) in [6, 6.07) is 16.7. The minimum atomic E-state index is 0.830. The topological polar surface area (TPSA) is 63.2 Å². The summed E-state index contributed by atoms with van der Waals surface area (Å²) in [4.78, 5) is 15.7. The third-order valence-electron chi connectivity index (χ3n) is 5.67. The number of ether oxygens (including phenoxy) is 1. The molecule has 4 heterocycles. The summed E-state index contributed by atoms with van der Waals surface area (Å²) in [5, 5.41) is 4.55. The van der Waals surface area contributed by atoms with Crippen molar-refractivity contribution in [2.24, 2.45) is 0 Å². The third-order valence-corrected chi connectivity index (χ3v) is 5.67. The number of nitrogens with one attached hydrogen (secondary N) is 1. The summed E-state index contributed by atoms with van der Waals surface area (Å²) in [6.07, 6.45) is 7.43. The average molecular weight is 412 g/mol. The molecule has 1 fully saturated rings. The molecule has 0 atom stereocenters. The molecule has 4 aromatic rings. The minimum absolute atomic E-state index is 0.830. The third kappa shape index (κ3) is 4.55. The van der Waals surface area contributed by atoms with Crippen molar-refractivity contribution in [2.75, 3.05) is 44.7 Å². The van der Waals surface area contributed by atoms with Crippen LogP contribution in [0.15, 0.2) is 73.3 Å². The first kappa shape index (κ1) is 19.6. The molecule has 1 aliphatic rings. The Kier molecular flexibility index (Phi) is 5.82. The molecule has 0 spiro atoms. The standard InChI is InChI=1S/C25H25N5O/c1-3-24-23(22(7-10-27-24)19-5-8-26-9-6-19)17-20(1)21-2-4-25(29-18-21)28-11-12-30-13-15-31-16-14-30/h1-10,17-18H,11-16H2,(H,28,29). The van der Waals surface area contributed by atoms with Gasteiger partial charge in [-0.1, -0.05) is 6.07 Å². The normalized spacial score (nSPS) is 14.6. The molecule has 31 heavy (non-hydrogen) atoms. The first-order valence-electron chi connectivity index (χ1n) is 10.7. The second-order valence-corrected chi connectivity index (χ2v) is 7.64. The molecule has 6 nitrogen and oxygen atoms in total. The molecule has 1 aromatic carbocycles. The number of aromatic nitrogens is 3. The van der Waals surface area contributed by atoms with Crippen LogP contribution < -0.4 is 5.32 Å². The summed E-state index contributed by atoms with van der Waals surface area (Å²) in [5.41, 5.74) is 5.49. The van der Waals surface area contributed by atoms with E-state index in [1.807, 2.05) is 43.0 Å². The van der Waals surface area contributed by atoms with Gasteiger partial charge in [0.2, 0.25) is 0 Å². The lowest BCUT2D eigenvalue weighted by Crippen LogP contribution is -2.39. The van der Waals surface area contributed by atoms with Crippen molar-refractivity contribution in [2.45, 2.75) is 0 Å². The van der Waals surface area contributed by atoms with E-state index in [4.69, 9.17) is 4.74 Å². The molecule has 0 bridgehead atoms. The first-order chi connectivity index (χ1) is 15.4. The number of rotatable bonds is 6. The Labute approximate surface area is 181 Å². The van der Waals surface area contributed by atoms with Gasteiger partial charge in [0.05, 0.1) is 18.7 Å². The van der Waals surface area contributed by atoms with Gasteiger partial charge in [0.15, 0.2) is 0 Å². The predicted octanol–water partition coefficient (Wildman–Crippen LogP) is 4.10. The quantitative estimate of drug-likeness (QED) is 0.515. The fourth-order valence-corrected chi connectivity index (χ4v) is 3.95. The number of anilines is 1. The van der Waals surface area contributed by atoms with E-state index in [-0.39, 0.29) is 0 Å². The van der Waals surface area contributed by atoms with Crippen LogP contribution in [0.3, 0.4) is 0 Å². The smallest absolute Gasteiger partial charge is 0.125 e.